The predicted octanol–water partition coefficient (Wildman–Crippen LogP) is 3.27. The average molecular weight is 399 g/mol. The van der Waals surface area contributed by atoms with Gasteiger partial charge in [-0.3, -0.25) is 4.79 Å². The van der Waals surface area contributed by atoms with Crippen LogP contribution in [-0.2, 0) is 16.1 Å². The maximum Gasteiger partial charge on any atom is 0.341 e. The number of rotatable bonds is 5. The number of benzene rings is 1. The van der Waals surface area contributed by atoms with Crippen LogP contribution in [0.15, 0.2) is 42.6 Å². The Bertz CT molecular complexity index is 870. The van der Waals surface area contributed by atoms with Crippen molar-refractivity contribution < 1.29 is 18.7 Å². The van der Waals surface area contributed by atoms with E-state index in [1.54, 1.807) is 30.5 Å². The molecule has 1 saturated heterocycles. The fraction of sp³-hybridized carbons (Fsp3) is 0.409. The smallest absolute Gasteiger partial charge is 0.341 e. The monoisotopic (exact) mass is 399 g/mol. The van der Waals surface area contributed by atoms with Gasteiger partial charge < -0.3 is 14.5 Å². The first-order valence-electron chi connectivity index (χ1n) is 9.73. The molecule has 1 amide bonds. The van der Waals surface area contributed by atoms with Crippen LogP contribution in [0.2, 0.25) is 0 Å². The van der Waals surface area contributed by atoms with Crippen molar-refractivity contribution in [2.75, 3.05) is 25.1 Å². The van der Waals surface area contributed by atoms with Crippen LogP contribution in [0, 0.1) is 11.7 Å². The summed E-state index contributed by atoms with van der Waals surface area (Å²) in [7, 11) is 1.34. The van der Waals surface area contributed by atoms with Gasteiger partial charge in [-0.05, 0) is 35.7 Å². The number of anilines is 1. The molecule has 0 aliphatic carbocycles. The number of hydrogen-bond donors (Lipinski definition) is 0. The van der Waals surface area contributed by atoms with Crippen LogP contribution in [0.1, 0.15) is 36.2 Å². The Morgan fingerprint density at radius 1 is 1.28 bits per heavy atom. The Labute approximate surface area is 170 Å². The van der Waals surface area contributed by atoms with Crippen LogP contribution in [0.25, 0.3) is 0 Å². The zero-order chi connectivity index (χ0) is 21.0. The highest BCUT2D eigenvalue weighted by molar-refractivity contribution is 5.94. The number of pyridine rings is 1. The van der Waals surface area contributed by atoms with Crippen molar-refractivity contribution in [3.63, 3.8) is 0 Å². The van der Waals surface area contributed by atoms with Crippen molar-refractivity contribution in [3.05, 3.63) is 59.5 Å². The fourth-order valence-corrected chi connectivity index (χ4v) is 3.65. The van der Waals surface area contributed by atoms with Gasteiger partial charge in [0.25, 0.3) is 0 Å². The average Bonchev–Trinajstić information content (AvgIpc) is 2.88. The van der Waals surface area contributed by atoms with E-state index in [0.717, 1.165) is 5.56 Å². The van der Waals surface area contributed by atoms with E-state index in [9.17, 15) is 14.0 Å². The second-order valence-corrected chi connectivity index (χ2v) is 7.52. The van der Waals surface area contributed by atoms with Crippen molar-refractivity contribution in [1.82, 2.24) is 9.88 Å². The van der Waals surface area contributed by atoms with E-state index in [1.165, 1.54) is 19.2 Å². The van der Waals surface area contributed by atoms with Gasteiger partial charge in [0.1, 0.15) is 17.2 Å². The van der Waals surface area contributed by atoms with Crippen LogP contribution in [0.4, 0.5) is 10.2 Å². The molecule has 154 valence electrons. The molecule has 1 aliphatic rings. The second kappa shape index (κ2) is 9.03. The molecule has 1 unspecified atom stereocenters. The van der Waals surface area contributed by atoms with Gasteiger partial charge in [-0.25, -0.2) is 14.2 Å². The summed E-state index contributed by atoms with van der Waals surface area (Å²) < 4.78 is 18.1. The number of ether oxygens (including phenoxy) is 1. The van der Waals surface area contributed by atoms with E-state index >= 15 is 0 Å². The first-order valence-corrected chi connectivity index (χ1v) is 9.73. The zero-order valence-corrected chi connectivity index (χ0v) is 17.0. The molecular formula is C22H26FN3O3. The minimum absolute atomic E-state index is 0.0334. The summed E-state index contributed by atoms with van der Waals surface area (Å²) in [6.07, 6.45) is 1.94. The lowest BCUT2D eigenvalue weighted by Crippen LogP contribution is -2.46. The highest BCUT2D eigenvalue weighted by atomic mass is 19.1. The molecule has 1 atom stereocenters. The Morgan fingerprint density at radius 2 is 2.00 bits per heavy atom. The normalized spacial score (nSPS) is 17.4. The van der Waals surface area contributed by atoms with Gasteiger partial charge in [0.05, 0.1) is 13.2 Å². The molecule has 0 spiro atoms. The van der Waals surface area contributed by atoms with Crippen molar-refractivity contribution >= 4 is 17.7 Å². The number of aromatic nitrogens is 1. The van der Waals surface area contributed by atoms with Crippen molar-refractivity contribution in [1.29, 1.82) is 0 Å². The topological polar surface area (TPSA) is 62.7 Å². The molecule has 0 bridgehead atoms. The van der Waals surface area contributed by atoms with E-state index in [4.69, 9.17) is 4.74 Å². The van der Waals surface area contributed by atoms with Crippen LogP contribution in [0.3, 0.4) is 0 Å². The van der Waals surface area contributed by atoms with Crippen molar-refractivity contribution in [3.8, 4) is 0 Å². The molecule has 7 heteroatoms. The third-order valence-electron chi connectivity index (χ3n) is 5.25. The van der Waals surface area contributed by atoms with Crippen molar-refractivity contribution in [2.45, 2.75) is 32.9 Å². The first-order chi connectivity index (χ1) is 13.9. The molecule has 1 fully saturated rings. The molecule has 1 aliphatic heterocycles. The second-order valence-electron chi connectivity index (χ2n) is 7.52. The van der Waals surface area contributed by atoms with Crippen LogP contribution in [0.5, 0.6) is 0 Å². The molecule has 1 aromatic heterocycles. The number of amides is 1. The molecular weight excluding hydrogens is 373 g/mol. The van der Waals surface area contributed by atoms with Crippen molar-refractivity contribution in [2.24, 2.45) is 5.92 Å². The summed E-state index contributed by atoms with van der Waals surface area (Å²) in [5.41, 5.74) is 1.27. The minimum atomic E-state index is -0.451. The fourth-order valence-electron chi connectivity index (χ4n) is 3.65. The van der Waals surface area contributed by atoms with E-state index < -0.39 is 5.97 Å². The summed E-state index contributed by atoms with van der Waals surface area (Å²) in [4.78, 5) is 33.4. The lowest BCUT2D eigenvalue weighted by Gasteiger charge is -2.35. The Balaban J connectivity index is 1.90. The maximum atomic E-state index is 13.3. The molecule has 1 aromatic carbocycles. The predicted molar refractivity (Wildman–Crippen MR) is 108 cm³/mol. The van der Waals surface area contributed by atoms with Gasteiger partial charge in [0.2, 0.25) is 5.91 Å². The highest BCUT2D eigenvalue weighted by Gasteiger charge is 2.33. The first kappa shape index (κ1) is 20.8. The summed E-state index contributed by atoms with van der Waals surface area (Å²) >= 11 is 0. The van der Waals surface area contributed by atoms with Gasteiger partial charge in [-0.2, -0.15) is 0 Å². The van der Waals surface area contributed by atoms with Gasteiger partial charge >= 0.3 is 5.97 Å². The van der Waals surface area contributed by atoms with E-state index in [-0.39, 0.29) is 23.7 Å². The largest absolute Gasteiger partial charge is 0.465 e. The summed E-state index contributed by atoms with van der Waals surface area (Å²) in [5, 5.41) is 0. The standard InChI is InChI=1S/C22H26FN3O3/c1-15(2)19-14-25(21-18(22(28)29-3)5-4-11-24-21)12-10-20(27)26(19)13-16-6-8-17(23)9-7-16/h4-9,11,15,19H,10,12-14H2,1-3H3. The Kier molecular flexibility index (Phi) is 6.46. The minimum Gasteiger partial charge on any atom is -0.465 e. The Hall–Kier alpha value is -2.96. The lowest BCUT2D eigenvalue weighted by atomic mass is 10.0. The molecule has 0 radical (unpaired) electrons. The number of nitrogens with zero attached hydrogens (tertiary/aromatic N) is 3. The number of carbonyl (C=O) groups excluding carboxylic acids is 2. The molecule has 6 nitrogen and oxygen atoms in total. The third-order valence-corrected chi connectivity index (χ3v) is 5.25. The molecule has 2 aromatic rings. The number of hydrogen-bond acceptors (Lipinski definition) is 5. The zero-order valence-electron chi connectivity index (χ0n) is 17.0. The quantitative estimate of drug-likeness (QED) is 0.722. The number of methoxy groups -OCH3 is 1. The van der Waals surface area contributed by atoms with E-state index in [1.807, 2.05) is 9.80 Å². The molecule has 2 heterocycles. The van der Waals surface area contributed by atoms with E-state index in [0.29, 0.717) is 37.4 Å². The Morgan fingerprint density at radius 3 is 2.66 bits per heavy atom. The van der Waals surface area contributed by atoms with Gasteiger partial charge in [0, 0.05) is 32.3 Å². The van der Waals surface area contributed by atoms with Gasteiger partial charge in [-0.1, -0.05) is 26.0 Å². The molecule has 29 heavy (non-hydrogen) atoms. The van der Waals surface area contributed by atoms with Gasteiger partial charge in [-0.15, -0.1) is 0 Å². The molecule has 3 rings (SSSR count). The number of esters is 1. The third kappa shape index (κ3) is 4.72. The summed E-state index contributed by atoms with van der Waals surface area (Å²) in [6.45, 7) is 5.56. The lowest BCUT2D eigenvalue weighted by molar-refractivity contribution is -0.134. The summed E-state index contributed by atoms with van der Waals surface area (Å²) in [5.74, 6) is -0.00116. The van der Waals surface area contributed by atoms with Crippen LogP contribution < -0.4 is 4.90 Å². The van der Waals surface area contributed by atoms with Crippen LogP contribution >= 0.6 is 0 Å². The summed E-state index contributed by atoms with van der Waals surface area (Å²) in [6, 6.07) is 9.52. The maximum absolute atomic E-state index is 13.3. The van der Waals surface area contributed by atoms with E-state index in [2.05, 4.69) is 18.8 Å². The molecule has 0 saturated carbocycles. The highest BCUT2D eigenvalue weighted by Crippen LogP contribution is 2.26. The van der Waals surface area contributed by atoms with Gasteiger partial charge in [0.15, 0.2) is 0 Å². The SMILES string of the molecule is COC(=O)c1cccnc1N1CCC(=O)N(Cc2ccc(F)cc2)C(C(C)C)C1. The number of halogens is 1. The number of carbonyl (C=O) groups is 2. The molecule has 0 N–H and O–H groups in total. The van der Waals surface area contributed by atoms with Crippen LogP contribution in [-0.4, -0.2) is 48.0 Å².